The van der Waals surface area contributed by atoms with E-state index < -0.39 is 0 Å². The normalized spacial score (nSPS) is 10.4. The predicted molar refractivity (Wildman–Crippen MR) is 96.1 cm³/mol. The SMILES string of the molecule is CCCCCCCCCOC(=S)Nc1cccc(C)c1C. The van der Waals surface area contributed by atoms with Crippen LogP contribution in [0.25, 0.3) is 0 Å². The van der Waals surface area contributed by atoms with Crippen LogP contribution in [0.4, 0.5) is 5.69 Å². The van der Waals surface area contributed by atoms with Crippen molar-refractivity contribution in [3.8, 4) is 0 Å². The standard InChI is InChI=1S/C18H29NOS/c1-4-5-6-7-8-9-10-14-20-18(21)19-17-13-11-12-15(2)16(17)3/h11-13H,4-10,14H2,1-3H3,(H,19,21). The molecule has 0 radical (unpaired) electrons. The van der Waals surface area contributed by atoms with Gasteiger partial charge in [-0.1, -0.05) is 57.6 Å². The highest BCUT2D eigenvalue weighted by Gasteiger charge is 2.03. The lowest BCUT2D eigenvalue weighted by Crippen LogP contribution is -2.15. The van der Waals surface area contributed by atoms with E-state index >= 15 is 0 Å². The van der Waals surface area contributed by atoms with E-state index in [2.05, 4.69) is 32.2 Å². The fraction of sp³-hybridized carbons (Fsp3) is 0.611. The van der Waals surface area contributed by atoms with Crippen molar-refractivity contribution in [3.63, 3.8) is 0 Å². The summed E-state index contributed by atoms with van der Waals surface area (Å²) in [5.41, 5.74) is 3.52. The van der Waals surface area contributed by atoms with Gasteiger partial charge in [0.25, 0.3) is 5.17 Å². The Bertz CT molecular complexity index is 431. The number of anilines is 1. The summed E-state index contributed by atoms with van der Waals surface area (Å²) in [6.45, 7) is 7.15. The third-order valence-corrected chi connectivity index (χ3v) is 4.04. The molecule has 118 valence electrons. The van der Waals surface area contributed by atoms with E-state index in [9.17, 15) is 0 Å². The molecule has 0 saturated carbocycles. The second-order valence-electron chi connectivity index (χ2n) is 5.63. The minimum atomic E-state index is 0.481. The van der Waals surface area contributed by atoms with Crippen LogP contribution in [0.3, 0.4) is 0 Å². The molecule has 0 aliphatic rings. The van der Waals surface area contributed by atoms with Gasteiger partial charge in [0.2, 0.25) is 0 Å². The summed E-state index contributed by atoms with van der Waals surface area (Å²) in [6, 6.07) is 6.16. The molecule has 3 heteroatoms. The molecule has 0 spiro atoms. The van der Waals surface area contributed by atoms with Crippen molar-refractivity contribution < 1.29 is 4.74 Å². The van der Waals surface area contributed by atoms with Crippen LogP contribution >= 0.6 is 12.2 Å². The van der Waals surface area contributed by atoms with Gasteiger partial charge in [-0.3, -0.25) is 0 Å². The molecule has 0 bridgehead atoms. The molecule has 1 aromatic carbocycles. The lowest BCUT2D eigenvalue weighted by molar-refractivity contribution is 0.299. The van der Waals surface area contributed by atoms with Crippen LogP contribution in [-0.4, -0.2) is 11.8 Å². The topological polar surface area (TPSA) is 21.3 Å². The second kappa shape index (κ2) is 10.6. The first-order valence-corrected chi connectivity index (χ1v) is 8.56. The maximum Gasteiger partial charge on any atom is 0.261 e. The summed E-state index contributed by atoms with van der Waals surface area (Å²) < 4.78 is 5.59. The Kier molecular flexibility index (Phi) is 9.07. The van der Waals surface area contributed by atoms with Crippen molar-refractivity contribution in [3.05, 3.63) is 29.3 Å². The van der Waals surface area contributed by atoms with Gasteiger partial charge in [0.15, 0.2) is 0 Å². The molecule has 0 aliphatic carbocycles. The molecule has 0 saturated heterocycles. The van der Waals surface area contributed by atoms with Gasteiger partial charge in [-0.15, -0.1) is 0 Å². The van der Waals surface area contributed by atoms with Crippen molar-refractivity contribution in [2.75, 3.05) is 11.9 Å². The zero-order valence-electron chi connectivity index (χ0n) is 13.7. The number of benzene rings is 1. The number of aryl methyl sites for hydroxylation is 1. The first-order valence-electron chi connectivity index (χ1n) is 8.15. The van der Waals surface area contributed by atoms with Crippen LogP contribution in [0.2, 0.25) is 0 Å². The lowest BCUT2D eigenvalue weighted by Gasteiger charge is -2.13. The highest BCUT2D eigenvalue weighted by atomic mass is 32.1. The van der Waals surface area contributed by atoms with Gasteiger partial charge in [-0.25, -0.2) is 0 Å². The number of ether oxygens (including phenoxy) is 1. The van der Waals surface area contributed by atoms with Gasteiger partial charge in [-0.05, 0) is 49.7 Å². The summed E-state index contributed by atoms with van der Waals surface area (Å²) in [4.78, 5) is 0. The third-order valence-electron chi connectivity index (χ3n) is 3.82. The van der Waals surface area contributed by atoms with E-state index in [0.717, 1.165) is 12.1 Å². The Hall–Kier alpha value is -1.09. The van der Waals surface area contributed by atoms with Crippen LogP contribution in [0.1, 0.15) is 63.0 Å². The van der Waals surface area contributed by atoms with Gasteiger partial charge in [0.05, 0.1) is 6.61 Å². The van der Waals surface area contributed by atoms with Crippen LogP contribution in [0.5, 0.6) is 0 Å². The highest BCUT2D eigenvalue weighted by Crippen LogP contribution is 2.18. The van der Waals surface area contributed by atoms with E-state index in [1.807, 2.05) is 12.1 Å². The molecule has 0 atom stereocenters. The van der Waals surface area contributed by atoms with Crippen LogP contribution in [-0.2, 0) is 4.74 Å². The first kappa shape index (κ1) is 18.0. The summed E-state index contributed by atoms with van der Waals surface area (Å²) in [5, 5.41) is 3.66. The van der Waals surface area contributed by atoms with Gasteiger partial charge in [0.1, 0.15) is 0 Å². The average Bonchev–Trinajstić information content (AvgIpc) is 2.47. The van der Waals surface area contributed by atoms with E-state index in [-0.39, 0.29) is 0 Å². The lowest BCUT2D eigenvalue weighted by atomic mass is 10.1. The second-order valence-corrected chi connectivity index (χ2v) is 6.00. The largest absolute Gasteiger partial charge is 0.471 e. The molecule has 0 aromatic heterocycles. The van der Waals surface area contributed by atoms with Crippen LogP contribution in [0.15, 0.2) is 18.2 Å². The maximum atomic E-state index is 5.59. The number of unbranched alkanes of at least 4 members (excludes halogenated alkanes) is 6. The summed E-state index contributed by atoms with van der Waals surface area (Å²) in [7, 11) is 0. The zero-order valence-corrected chi connectivity index (χ0v) is 14.5. The van der Waals surface area contributed by atoms with Crippen LogP contribution in [0, 0.1) is 13.8 Å². The first-order chi connectivity index (χ1) is 10.1. The van der Waals surface area contributed by atoms with Crippen molar-refractivity contribution >= 4 is 23.1 Å². The monoisotopic (exact) mass is 307 g/mol. The number of hydrogen-bond donors (Lipinski definition) is 1. The minimum Gasteiger partial charge on any atom is -0.471 e. The Balaban J connectivity index is 2.13. The van der Waals surface area contributed by atoms with Crippen molar-refractivity contribution in [2.45, 2.75) is 65.7 Å². The van der Waals surface area contributed by atoms with E-state index in [0.29, 0.717) is 11.8 Å². The molecule has 0 fully saturated rings. The quantitative estimate of drug-likeness (QED) is 0.462. The van der Waals surface area contributed by atoms with E-state index in [4.69, 9.17) is 17.0 Å². The van der Waals surface area contributed by atoms with Crippen LogP contribution < -0.4 is 5.32 Å². The smallest absolute Gasteiger partial charge is 0.261 e. The summed E-state index contributed by atoms with van der Waals surface area (Å²) in [6.07, 6.45) is 9.00. The van der Waals surface area contributed by atoms with Crippen molar-refractivity contribution in [2.24, 2.45) is 0 Å². The molecule has 2 nitrogen and oxygen atoms in total. The molecule has 0 aliphatic heterocycles. The molecule has 1 rings (SSSR count). The number of thiocarbonyl (C=S) groups is 1. The molecule has 21 heavy (non-hydrogen) atoms. The van der Waals surface area contributed by atoms with Crippen molar-refractivity contribution in [1.29, 1.82) is 0 Å². The average molecular weight is 308 g/mol. The fourth-order valence-electron chi connectivity index (χ4n) is 2.26. The van der Waals surface area contributed by atoms with Gasteiger partial charge in [-0.2, -0.15) is 0 Å². The molecule has 0 heterocycles. The van der Waals surface area contributed by atoms with Gasteiger partial charge in [0, 0.05) is 5.69 Å². The van der Waals surface area contributed by atoms with Crippen molar-refractivity contribution in [1.82, 2.24) is 0 Å². The van der Waals surface area contributed by atoms with E-state index in [1.165, 1.54) is 49.7 Å². The Morgan fingerprint density at radius 3 is 2.43 bits per heavy atom. The van der Waals surface area contributed by atoms with Gasteiger partial charge >= 0.3 is 0 Å². The molecular formula is C18H29NOS. The Morgan fingerprint density at radius 1 is 1.05 bits per heavy atom. The molecule has 1 N–H and O–H groups in total. The zero-order chi connectivity index (χ0) is 15.5. The molecule has 1 aromatic rings. The fourth-order valence-corrected chi connectivity index (χ4v) is 2.45. The molecular weight excluding hydrogens is 278 g/mol. The summed E-state index contributed by atoms with van der Waals surface area (Å²) in [5.74, 6) is 0. The minimum absolute atomic E-state index is 0.481. The number of nitrogens with one attached hydrogen (secondary N) is 1. The predicted octanol–water partition coefficient (Wildman–Crippen LogP) is 5.77. The summed E-state index contributed by atoms with van der Waals surface area (Å²) >= 11 is 5.24. The Morgan fingerprint density at radius 2 is 1.71 bits per heavy atom. The number of rotatable bonds is 9. The van der Waals surface area contributed by atoms with Gasteiger partial charge < -0.3 is 10.1 Å². The van der Waals surface area contributed by atoms with E-state index in [1.54, 1.807) is 0 Å². The Labute approximate surface area is 135 Å². The molecule has 0 unspecified atom stereocenters. The maximum absolute atomic E-state index is 5.59. The highest BCUT2D eigenvalue weighted by molar-refractivity contribution is 7.80. The molecule has 0 amide bonds. The third kappa shape index (κ3) is 7.47. The number of hydrogen-bond acceptors (Lipinski definition) is 2.